The second kappa shape index (κ2) is 11.9. The summed E-state index contributed by atoms with van der Waals surface area (Å²) < 4.78 is 0. The number of carbonyl (C=O) groups is 1. The fourth-order valence-corrected chi connectivity index (χ4v) is 5.12. The van der Waals surface area contributed by atoms with Gasteiger partial charge >= 0.3 is 5.97 Å². The van der Waals surface area contributed by atoms with Crippen molar-refractivity contribution in [2.75, 3.05) is 17.2 Å². The molecule has 1 saturated carbocycles. The molecule has 0 aliphatic heterocycles. The Balaban J connectivity index is 1.29. The summed E-state index contributed by atoms with van der Waals surface area (Å²) in [5.74, 6) is 0.788. The molecule has 9 heteroatoms. The summed E-state index contributed by atoms with van der Waals surface area (Å²) in [7, 11) is 0. The van der Waals surface area contributed by atoms with Crippen LogP contribution in [-0.2, 0) is 6.42 Å². The highest BCUT2D eigenvalue weighted by molar-refractivity contribution is 5.96. The molecular formula is C31H31N7O2. The van der Waals surface area contributed by atoms with Gasteiger partial charge in [-0.2, -0.15) is 4.98 Å². The third-order valence-corrected chi connectivity index (χ3v) is 7.28. The van der Waals surface area contributed by atoms with E-state index in [2.05, 4.69) is 44.1 Å². The zero-order valence-electron chi connectivity index (χ0n) is 22.2. The first-order chi connectivity index (χ1) is 19.7. The molecule has 2 N–H and O–H groups in total. The van der Waals surface area contributed by atoms with Crippen molar-refractivity contribution in [2.24, 2.45) is 5.92 Å². The van der Waals surface area contributed by atoms with Gasteiger partial charge in [0.15, 0.2) is 5.82 Å². The van der Waals surface area contributed by atoms with Crippen molar-refractivity contribution in [2.45, 2.75) is 38.5 Å². The van der Waals surface area contributed by atoms with Crippen molar-refractivity contribution >= 4 is 34.5 Å². The smallest absolute Gasteiger partial charge is 0.354 e. The summed E-state index contributed by atoms with van der Waals surface area (Å²) in [5.41, 5.74) is 4.52. The molecule has 1 fully saturated rings. The van der Waals surface area contributed by atoms with E-state index in [1.165, 1.54) is 43.9 Å². The van der Waals surface area contributed by atoms with Crippen molar-refractivity contribution in [3.8, 4) is 0 Å². The number of fused-ring (bicyclic) bond motifs is 1. The number of rotatable bonds is 9. The number of benzene rings is 3. The van der Waals surface area contributed by atoms with E-state index in [0.717, 1.165) is 29.1 Å². The highest BCUT2D eigenvalue weighted by Crippen LogP contribution is 2.27. The Morgan fingerprint density at radius 3 is 2.58 bits per heavy atom. The molecule has 9 nitrogen and oxygen atoms in total. The van der Waals surface area contributed by atoms with Gasteiger partial charge in [0.2, 0.25) is 5.95 Å². The van der Waals surface area contributed by atoms with Crippen LogP contribution in [0, 0.1) is 5.92 Å². The van der Waals surface area contributed by atoms with Crippen LogP contribution in [0.3, 0.4) is 0 Å². The van der Waals surface area contributed by atoms with Crippen LogP contribution in [0.1, 0.15) is 53.6 Å². The van der Waals surface area contributed by atoms with Crippen LogP contribution in [0.2, 0.25) is 0 Å². The lowest BCUT2D eigenvalue weighted by Gasteiger charge is -2.22. The molecule has 0 radical (unpaired) electrons. The molecule has 0 atom stereocenters. The third-order valence-electron chi connectivity index (χ3n) is 7.28. The maximum Gasteiger partial charge on any atom is 0.371 e. The second-order valence-electron chi connectivity index (χ2n) is 10.1. The van der Waals surface area contributed by atoms with Crippen LogP contribution < -0.4 is 15.5 Å². The van der Waals surface area contributed by atoms with Crippen LogP contribution in [0.4, 0.5) is 17.5 Å². The Bertz CT molecular complexity index is 1600. The van der Waals surface area contributed by atoms with Crippen LogP contribution in [0.25, 0.3) is 11.0 Å². The highest BCUT2D eigenvalue weighted by atomic mass is 16.7. The number of nitrogens with one attached hydrogen (secondary N) is 2. The molecule has 0 amide bonds. The highest BCUT2D eigenvalue weighted by Gasteiger charge is 2.21. The molecular weight excluding hydrogens is 502 g/mol. The van der Waals surface area contributed by atoms with Crippen LogP contribution in [0.15, 0.2) is 85.1 Å². The number of hydrogen-bond donors (Lipinski definition) is 2. The molecule has 2 aromatic heterocycles. The molecule has 202 valence electrons. The molecule has 0 spiro atoms. The fourth-order valence-electron chi connectivity index (χ4n) is 5.12. The zero-order valence-corrected chi connectivity index (χ0v) is 22.2. The van der Waals surface area contributed by atoms with Gasteiger partial charge in [0.05, 0.1) is 0 Å². The minimum absolute atomic E-state index is 0.192. The summed E-state index contributed by atoms with van der Waals surface area (Å²) in [6, 6.07) is 25.6. The van der Waals surface area contributed by atoms with E-state index in [1.807, 2.05) is 48.5 Å². The van der Waals surface area contributed by atoms with Crippen molar-refractivity contribution in [1.82, 2.24) is 25.1 Å². The Morgan fingerprint density at radius 1 is 0.925 bits per heavy atom. The minimum atomic E-state index is -0.641. The first-order valence-electron chi connectivity index (χ1n) is 13.8. The molecule has 6 rings (SSSR count). The van der Waals surface area contributed by atoms with Crippen molar-refractivity contribution < 1.29 is 9.63 Å². The number of hydrogen-bond acceptors (Lipinski definition) is 8. The molecule has 1 aliphatic carbocycles. The number of aromatic nitrogens is 5. The second-order valence-corrected chi connectivity index (χ2v) is 10.1. The van der Waals surface area contributed by atoms with Crippen molar-refractivity contribution in [1.29, 1.82) is 0 Å². The fraction of sp³-hybridized carbons (Fsp3) is 0.258. The quantitative estimate of drug-likeness (QED) is 0.228. The van der Waals surface area contributed by atoms with E-state index in [-0.39, 0.29) is 5.56 Å². The van der Waals surface area contributed by atoms with Gasteiger partial charge in [-0.3, -0.25) is 0 Å². The molecule has 0 saturated heterocycles. The average molecular weight is 534 g/mol. The Kier molecular flexibility index (Phi) is 7.61. The molecule has 1 aliphatic rings. The minimum Gasteiger partial charge on any atom is -0.354 e. The van der Waals surface area contributed by atoms with Crippen LogP contribution in [-0.4, -0.2) is 37.6 Å². The first kappa shape index (κ1) is 25.5. The molecule has 2 heterocycles. The predicted octanol–water partition coefficient (Wildman–Crippen LogP) is 5.82. The topological polar surface area (TPSA) is 107 Å². The molecule has 3 aromatic carbocycles. The van der Waals surface area contributed by atoms with E-state index in [1.54, 1.807) is 12.1 Å². The van der Waals surface area contributed by atoms with Gasteiger partial charge in [-0.15, -0.1) is 5.10 Å². The standard InChI is InChI=1S/C31H31N7O2/c39-30(40-38-28-18-10-9-17-27(28)36-37-38)25-21-33-31(32-20-23-13-5-2-6-14-23)35-29(25)34-26-16-8-7-15-24(26)19-22-11-3-1-4-12-22/h1,3-4,7-12,15-18,21,23H,2,5-6,13-14,19-20H2,(H2,32,33,34,35). The number of carbonyl (C=O) groups excluding carboxylic acids is 1. The van der Waals surface area contributed by atoms with Gasteiger partial charge < -0.3 is 15.5 Å². The van der Waals surface area contributed by atoms with E-state index < -0.39 is 5.97 Å². The van der Waals surface area contributed by atoms with Gasteiger partial charge in [-0.25, -0.2) is 9.78 Å². The summed E-state index contributed by atoms with van der Waals surface area (Å²) in [6.07, 6.45) is 8.48. The lowest BCUT2D eigenvalue weighted by atomic mass is 9.89. The third kappa shape index (κ3) is 5.93. The zero-order chi connectivity index (χ0) is 27.1. The molecule has 40 heavy (non-hydrogen) atoms. The summed E-state index contributed by atoms with van der Waals surface area (Å²) in [6.45, 7) is 0.804. The van der Waals surface area contributed by atoms with Gasteiger partial charge in [0.25, 0.3) is 0 Å². The van der Waals surface area contributed by atoms with Crippen LogP contribution in [0.5, 0.6) is 0 Å². The summed E-state index contributed by atoms with van der Waals surface area (Å²) in [5, 5.41) is 14.8. The molecule has 0 unspecified atom stereocenters. The SMILES string of the molecule is O=C(On1nnc2ccccc21)c1cnc(NCC2CCCCC2)nc1Nc1ccccc1Cc1ccccc1. The van der Waals surface area contributed by atoms with Crippen molar-refractivity contribution in [3.63, 3.8) is 0 Å². The summed E-state index contributed by atoms with van der Waals surface area (Å²) >= 11 is 0. The van der Waals surface area contributed by atoms with Crippen LogP contribution >= 0.6 is 0 Å². The van der Waals surface area contributed by atoms with E-state index >= 15 is 0 Å². The lowest BCUT2D eigenvalue weighted by Crippen LogP contribution is -2.23. The largest absolute Gasteiger partial charge is 0.371 e. The number of nitrogens with zero attached hydrogens (tertiary/aromatic N) is 5. The van der Waals surface area contributed by atoms with Gasteiger partial charge in [0.1, 0.15) is 16.6 Å². The van der Waals surface area contributed by atoms with Gasteiger partial charge in [0, 0.05) is 18.4 Å². The Morgan fingerprint density at radius 2 is 1.70 bits per heavy atom. The maximum absolute atomic E-state index is 13.4. The average Bonchev–Trinajstić information content (AvgIpc) is 3.41. The van der Waals surface area contributed by atoms with Gasteiger partial charge in [-0.1, -0.05) is 84.8 Å². The van der Waals surface area contributed by atoms with E-state index in [9.17, 15) is 4.79 Å². The maximum atomic E-state index is 13.4. The lowest BCUT2D eigenvalue weighted by molar-refractivity contribution is 0.0409. The summed E-state index contributed by atoms with van der Waals surface area (Å²) in [4.78, 5) is 29.3. The first-order valence-corrected chi connectivity index (χ1v) is 13.8. The normalized spacial score (nSPS) is 13.7. The van der Waals surface area contributed by atoms with E-state index in [4.69, 9.17) is 9.82 Å². The predicted molar refractivity (Wildman–Crippen MR) is 155 cm³/mol. The van der Waals surface area contributed by atoms with Crippen molar-refractivity contribution in [3.05, 3.63) is 102 Å². The van der Waals surface area contributed by atoms with E-state index in [0.29, 0.717) is 28.7 Å². The van der Waals surface area contributed by atoms with Gasteiger partial charge in [-0.05, 0) is 59.7 Å². The molecule has 5 aromatic rings. The number of para-hydroxylation sites is 2. The number of anilines is 3. The Hall–Kier alpha value is -4.79. The monoisotopic (exact) mass is 533 g/mol. The molecule has 0 bridgehead atoms. The Labute approximate surface area is 232 Å².